The summed E-state index contributed by atoms with van der Waals surface area (Å²) < 4.78 is 5.64. The summed E-state index contributed by atoms with van der Waals surface area (Å²) in [6, 6.07) is 4.83. The Kier molecular flexibility index (Phi) is 4.02. The van der Waals surface area contributed by atoms with Crippen LogP contribution in [0.3, 0.4) is 0 Å². The monoisotopic (exact) mass is 222 g/mol. The van der Waals surface area contributed by atoms with Crippen LogP contribution >= 0.6 is 0 Å². The predicted molar refractivity (Wildman–Crippen MR) is 65.2 cm³/mol. The van der Waals surface area contributed by atoms with Crippen molar-refractivity contribution in [2.75, 3.05) is 6.54 Å². The van der Waals surface area contributed by atoms with E-state index in [2.05, 4.69) is 5.32 Å². The third-order valence-corrected chi connectivity index (χ3v) is 3.38. The maximum absolute atomic E-state index is 5.81. The third kappa shape index (κ3) is 2.86. The SMILES string of the molecule is Cc1ccc(C(CN)NC2CCCCC2)o1. The van der Waals surface area contributed by atoms with E-state index >= 15 is 0 Å². The minimum atomic E-state index is 0.178. The van der Waals surface area contributed by atoms with Crippen LogP contribution in [0.2, 0.25) is 0 Å². The lowest BCUT2D eigenvalue weighted by atomic mass is 9.94. The molecular formula is C13H22N2O. The molecule has 0 radical (unpaired) electrons. The lowest BCUT2D eigenvalue weighted by molar-refractivity contribution is 0.313. The molecule has 1 unspecified atom stereocenters. The van der Waals surface area contributed by atoms with E-state index in [0.29, 0.717) is 12.6 Å². The maximum atomic E-state index is 5.81. The van der Waals surface area contributed by atoms with Crippen molar-refractivity contribution in [2.45, 2.75) is 51.1 Å². The summed E-state index contributed by atoms with van der Waals surface area (Å²) >= 11 is 0. The van der Waals surface area contributed by atoms with Crippen molar-refractivity contribution in [2.24, 2.45) is 5.73 Å². The minimum Gasteiger partial charge on any atom is -0.465 e. The Bertz CT molecular complexity index is 315. The van der Waals surface area contributed by atoms with Crippen molar-refractivity contribution in [1.82, 2.24) is 5.32 Å². The second-order valence-electron chi connectivity index (χ2n) is 4.74. The van der Waals surface area contributed by atoms with Gasteiger partial charge in [0.25, 0.3) is 0 Å². The van der Waals surface area contributed by atoms with E-state index in [1.807, 2.05) is 19.1 Å². The molecule has 0 bridgehead atoms. The third-order valence-electron chi connectivity index (χ3n) is 3.38. The zero-order valence-corrected chi connectivity index (χ0v) is 10.0. The summed E-state index contributed by atoms with van der Waals surface area (Å²) in [6.07, 6.45) is 6.61. The largest absolute Gasteiger partial charge is 0.465 e. The fourth-order valence-electron chi connectivity index (χ4n) is 2.46. The molecule has 90 valence electrons. The van der Waals surface area contributed by atoms with E-state index < -0.39 is 0 Å². The van der Waals surface area contributed by atoms with Crippen molar-refractivity contribution < 1.29 is 4.42 Å². The average Bonchev–Trinajstić information content (AvgIpc) is 2.74. The van der Waals surface area contributed by atoms with Crippen LogP contribution in [0.5, 0.6) is 0 Å². The molecule has 1 aliphatic rings. The zero-order valence-electron chi connectivity index (χ0n) is 10.0. The fraction of sp³-hybridized carbons (Fsp3) is 0.692. The molecule has 1 aliphatic carbocycles. The Morgan fingerprint density at radius 3 is 2.69 bits per heavy atom. The van der Waals surface area contributed by atoms with E-state index in [9.17, 15) is 0 Å². The van der Waals surface area contributed by atoms with E-state index in [1.54, 1.807) is 0 Å². The molecule has 1 aromatic heterocycles. The smallest absolute Gasteiger partial charge is 0.122 e. The van der Waals surface area contributed by atoms with Crippen LogP contribution in [0, 0.1) is 6.92 Å². The topological polar surface area (TPSA) is 51.2 Å². The van der Waals surface area contributed by atoms with E-state index in [4.69, 9.17) is 10.2 Å². The van der Waals surface area contributed by atoms with Gasteiger partial charge < -0.3 is 15.5 Å². The molecule has 2 rings (SSSR count). The van der Waals surface area contributed by atoms with Crippen LogP contribution in [0.1, 0.15) is 49.7 Å². The highest BCUT2D eigenvalue weighted by molar-refractivity contribution is 5.10. The number of rotatable bonds is 4. The van der Waals surface area contributed by atoms with Crippen LogP contribution in [0.15, 0.2) is 16.5 Å². The highest BCUT2D eigenvalue weighted by atomic mass is 16.3. The predicted octanol–water partition coefficient (Wildman–Crippen LogP) is 2.51. The van der Waals surface area contributed by atoms with Gasteiger partial charge in [0.1, 0.15) is 11.5 Å². The van der Waals surface area contributed by atoms with Crippen LogP contribution in [0.4, 0.5) is 0 Å². The molecule has 1 fully saturated rings. The Morgan fingerprint density at radius 1 is 1.38 bits per heavy atom. The van der Waals surface area contributed by atoms with Gasteiger partial charge in [-0.25, -0.2) is 0 Å². The molecule has 0 saturated heterocycles. The minimum absolute atomic E-state index is 0.178. The van der Waals surface area contributed by atoms with Crippen molar-refractivity contribution in [3.05, 3.63) is 23.7 Å². The molecule has 1 aromatic rings. The number of hydrogen-bond donors (Lipinski definition) is 2. The maximum Gasteiger partial charge on any atom is 0.122 e. The molecule has 0 amide bonds. The normalized spacial score (nSPS) is 19.9. The van der Waals surface area contributed by atoms with Gasteiger partial charge >= 0.3 is 0 Å². The van der Waals surface area contributed by atoms with Gasteiger partial charge in [0, 0.05) is 12.6 Å². The highest BCUT2D eigenvalue weighted by Crippen LogP contribution is 2.22. The molecule has 16 heavy (non-hydrogen) atoms. The zero-order chi connectivity index (χ0) is 11.4. The Balaban J connectivity index is 1.94. The molecule has 1 saturated carbocycles. The van der Waals surface area contributed by atoms with E-state index in [0.717, 1.165) is 11.5 Å². The van der Waals surface area contributed by atoms with Gasteiger partial charge in [0.15, 0.2) is 0 Å². The Morgan fingerprint density at radius 2 is 2.12 bits per heavy atom. The summed E-state index contributed by atoms with van der Waals surface area (Å²) in [5.74, 6) is 1.93. The quantitative estimate of drug-likeness (QED) is 0.823. The number of nitrogens with two attached hydrogens (primary N) is 1. The van der Waals surface area contributed by atoms with Gasteiger partial charge in [0.2, 0.25) is 0 Å². The van der Waals surface area contributed by atoms with E-state index in [-0.39, 0.29) is 6.04 Å². The Labute approximate surface area is 97.4 Å². The average molecular weight is 222 g/mol. The number of aryl methyl sites for hydroxylation is 1. The van der Waals surface area contributed by atoms with Gasteiger partial charge in [-0.15, -0.1) is 0 Å². The number of hydrogen-bond acceptors (Lipinski definition) is 3. The van der Waals surface area contributed by atoms with Crippen LogP contribution < -0.4 is 11.1 Å². The van der Waals surface area contributed by atoms with Crippen LogP contribution in [0.25, 0.3) is 0 Å². The van der Waals surface area contributed by atoms with Crippen LogP contribution in [-0.2, 0) is 0 Å². The second kappa shape index (κ2) is 5.51. The van der Waals surface area contributed by atoms with Crippen molar-refractivity contribution >= 4 is 0 Å². The Hall–Kier alpha value is -0.800. The summed E-state index contributed by atoms with van der Waals surface area (Å²) in [7, 11) is 0. The van der Waals surface area contributed by atoms with Gasteiger partial charge in [-0.05, 0) is 31.9 Å². The summed E-state index contributed by atoms with van der Waals surface area (Å²) in [4.78, 5) is 0. The second-order valence-corrected chi connectivity index (χ2v) is 4.74. The van der Waals surface area contributed by atoms with Crippen molar-refractivity contribution in [1.29, 1.82) is 0 Å². The first-order chi connectivity index (χ1) is 7.79. The van der Waals surface area contributed by atoms with Crippen LogP contribution in [-0.4, -0.2) is 12.6 Å². The van der Waals surface area contributed by atoms with Crippen molar-refractivity contribution in [3.63, 3.8) is 0 Å². The number of nitrogens with one attached hydrogen (secondary N) is 1. The molecule has 0 aromatic carbocycles. The first kappa shape index (κ1) is 11.7. The van der Waals surface area contributed by atoms with Crippen molar-refractivity contribution in [3.8, 4) is 0 Å². The van der Waals surface area contributed by atoms with E-state index in [1.165, 1.54) is 32.1 Å². The molecule has 0 aliphatic heterocycles. The molecule has 1 atom stereocenters. The first-order valence-electron chi connectivity index (χ1n) is 6.32. The summed E-state index contributed by atoms with van der Waals surface area (Å²) in [6.45, 7) is 2.57. The molecule has 3 nitrogen and oxygen atoms in total. The number of furan rings is 1. The fourth-order valence-corrected chi connectivity index (χ4v) is 2.46. The highest BCUT2D eigenvalue weighted by Gasteiger charge is 2.19. The molecule has 1 heterocycles. The van der Waals surface area contributed by atoms with Gasteiger partial charge in [-0.3, -0.25) is 0 Å². The molecule has 3 heteroatoms. The summed E-state index contributed by atoms with van der Waals surface area (Å²) in [5.41, 5.74) is 5.81. The van der Waals surface area contributed by atoms with Gasteiger partial charge in [-0.1, -0.05) is 19.3 Å². The first-order valence-corrected chi connectivity index (χ1v) is 6.32. The molecular weight excluding hydrogens is 200 g/mol. The lowest BCUT2D eigenvalue weighted by Gasteiger charge is -2.26. The van der Waals surface area contributed by atoms with Gasteiger partial charge in [0.05, 0.1) is 6.04 Å². The standard InChI is InChI=1S/C13H22N2O/c1-10-7-8-13(16-10)12(9-14)15-11-5-3-2-4-6-11/h7-8,11-12,15H,2-6,9,14H2,1H3. The molecule has 3 N–H and O–H groups in total. The summed E-state index contributed by atoms with van der Waals surface area (Å²) in [5, 5.41) is 3.62. The lowest BCUT2D eigenvalue weighted by Crippen LogP contribution is -2.37. The molecule has 0 spiro atoms. The van der Waals surface area contributed by atoms with Gasteiger partial charge in [-0.2, -0.15) is 0 Å².